The Morgan fingerprint density at radius 3 is 1.43 bits per heavy atom. The summed E-state index contributed by atoms with van der Waals surface area (Å²) >= 11 is 0. The summed E-state index contributed by atoms with van der Waals surface area (Å²) in [4.78, 5) is 2.39. The normalized spacial score (nSPS) is 16.4. The summed E-state index contributed by atoms with van der Waals surface area (Å²) in [6.07, 6.45) is 5.79. The average molecular weight is 784 g/mol. The van der Waals surface area contributed by atoms with Crippen molar-refractivity contribution in [3.8, 4) is 44.5 Å². The van der Waals surface area contributed by atoms with Crippen molar-refractivity contribution in [2.24, 2.45) is 5.92 Å². The molecule has 0 radical (unpaired) electrons. The molecule has 0 saturated heterocycles. The van der Waals surface area contributed by atoms with E-state index in [1.807, 2.05) is 0 Å². The maximum atomic E-state index is 2.42. The fourth-order valence-corrected chi connectivity index (χ4v) is 10.6. The Kier molecular flexibility index (Phi) is 8.72. The molecule has 0 saturated carbocycles. The van der Waals surface area contributed by atoms with E-state index in [-0.39, 0.29) is 10.8 Å². The second kappa shape index (κ2) is 14.4. The van der Waals surface area contributed by atoms with Crippen LogP contribution in [-0.4, -0.2) is 0 Å². The monoisotopic (exact) mass is 783 g/mol. The Bertz CT molecular complexity index is 3000. The minimum atomic E-state index is -0.0362. The van der Waals surface area contributed by atoms with Crippen LogP contribution in [-0.2, 0) is 10.8 Å². The third kappa shape index (κ3) is 6.22. The Labute approximate surface area is 361 Å². The fraction of sp³-hybridized carbons (Fsp3) is 0.133. The molecule has 1 atom stereocenters. The van der Waals surface area contributed by atoms with Gasteiger partial charge in [-0.15, -0.1) is 0 Å². The van der Waals surface area contributed by atoms with E-state index < -0.39 is 0 Å². The van der Waals surface area contributed by atoms with Gasteiger partial charge in [-0.2, -0.15) is 0 Å². The van der Waals surface area contributed by atoms with Crippen LogP contribution in [0.25, 0.3) is 55.7 Å². The molecule has 0 aliphatic heterocycles. The minimum absolute atomic E-state index is 0.0362. The van der Waals surface area contributed by atoms with Crippen molar-refractivity contribution in [3.63, 3.8) is 0 Å². The Balaban J connectivity index is 0.924. The zero-order valence-electron chi connectivity index (χ0n) is 35.4. The molecular formula is C60H49N. The highest BCUT2D eigenvalue weighted by Crippen LogP contribution is 2.55. The van der Waals surface area contributed by atoms with E-state index in [2.05, 4.69) is 239 Å². The lowest BCUT2D eigenvalue weighted by Gasteiger charge is -2.32. The molecule has 1 unspecified atom stereocenters. The van der Waals surface area contributed by atoms with Crippen LogP contribution in [0, 0.1) is 5.92 Å². The minimum Gasteiger partial charge on any atom is -0.311 e. The quantitative estimate of drug-likeness (QED) is 0.156. The first-order valence-electron chi connectivity index (χ1n) is 21.8. The largest absolute Gasteiger partial charge is 0.311 e. The Morgan fingerprint density at radius 1 is 0.377 bits per heavy atom. The number of hydrogen-bond acceptors (Lipinski definition) is 1. The summed E-state index contributed by atoms with van der Waals surface area (Å²) < 4.78 is 0. The number of allylic oxidation sites excluding steroid dienone is 4. The number of fused-ring (bicyclic) bond motifs is 6. The van der Waals surface area contributed by atoms with Gasteiger partial charge in [0.25, 0.3) is 0 Å². The smallest absolute Gasteiger partial charge is 0.0462 e. The molecule has 0 bridgehead atoms. The highest BCUT2D eigenvalue weighted by molar-refractivity contribution is 5.87. The summed E-state index contributed by atoms with van der Waals surface area (Å²) in [7, 11) is 0. The van der Waals surface area contributed by atoms with Crippen LogP contribution in [0.4, 0.5) is 17.1 Å². The number of benzene rings is 8. The zero-order valence-corrected chi connectivity index (χ0v) is 35.4. The van der Waals surface area contributed by atoms with Gasteiger partial charge in [-0.05, 0) is 144 Å². The lowest BCUT2D eigenvalue weighted by Crippen LogP contribution is -2.24. The summed E-state index contributed by atoms with van der Waals surface area (Å²) in [6.45, 7) is 9.54. The van der Waals surface area contributed by atoms with E-state index in [0.29, 0.717) is 5.92 Å². The first-order valence-corrected chi connectivity index (χ1v) is 21.8. The maximum Gasteiger partial charge on any atom is 0.0462 e. The van der Waals surface area contributed by atoms with E-state index in [4.69, 9.17) is 0 Å². The van der Waals surface area contributed by atoms with Gasteiger partial charge in [-0.1, -0.05) is 192 Å². The van der Waals surface area contributed by atoms with Crippen LogP contribution in [0.1, 0.15) is 61.9 Å². The van der Waals surface area contributed by atoms with Crippen molar-refractivity contribution in [1.29, 1.82) is 0 Å². The molecule has 0 aromatic heterocycles. The van der Waals surface area contributed by atoms with E-state index >= 15 is 0 Å². The highest BCUT2D eigenvalue weighted by atomic mass is 15.1. The molecule has 0 fully saturated rings. The van der Waals surface area contributed by atoms with Gasteiger partial charge in [0.05, 0.1) is 0 Å². The summed E-state index contributed by atoms with van der Waals surface area (Å²) in [6, 6.07) is 71.8. The van der Waals surface area contributed by atoms with E-state index in [1.54, 1.807) is 0 Å². The average Bonchev–Trinajstić information content (AvgIpc) is 3.69. The fourth-order valence-electron chi connectivity index (χ4n) is 10.6. The predicted octanol–water partition coefficient (Wildman–Crippen LogP) is 16.2. The van der Waals surface area contributed by atoms with Crippen molar-refractivity contribution >= 4 is 28.2 Å². The molecule has 3 aliphatic rings. The molecule has 294 valence electrons. The highest BCUT2D eigenvalue weighted by Gasteiger charge is 2.43. The van der Waals surface area contributed by atoms with Gasteiger partial charge in [0, 0.05) is 22.5 Å². The summed E-state index contributed by atoms with van der Waals surface area (Å²) in [5, 5.41) is 0. The number of anilines is 3. The zero-order chi connectivity index (χ0) is 41.3. The number of nitrogens with zero attached hydrogens (tertiary/aromatic N) is 1. The summed E-state index contributed by atoms with van der Waals surface area (Å²) in [5.74, 6) is 0.472. The van der Waals surface area contributed by atoms with Crippen LogP contribution >= 0.6 is 0 Å². The van der Waals surface area contributed by atoms with Crippen molar-refractivity contribution in [2.45, 2.75) is 44.9 Å². The topological polar surface area (TPSA) is 3.24 Å². The molecule has 1 heteroatoms. The second-order valence-electron chi connectivity index (χ2n) is 18.2. The molecule has 8 aromatic carbocycles. The SMILES string of the molecule is CC1(C)c2ccccc2-c2ccc(-c3ccc(N(c4ccc(C5=CC=C6c7ccccc7C(C)(C)C6C5)cc4)c4ccc(-c5ccc(-c6ccccc6)cc5)cc4)cc3)cc21. The molecule has 0 N–H and O–H groups in total. The predicted molar refractivity (Wildman–Crippen MR) is 259 cm³/mol. The number of rotatable bonds is 7. The molecule has 8 aromatic rings. The van der Waals surface area contributed by atoms with E-state index in [0.717, 1.165) is 23.5 Å². The van der Waals surface area contributed by atoms with Gasteiger partial charge in [0.15, 0.2) is 0 Å². The molecule has 11 rings (SSSR count). The van der Waals surface area contributed by atoms with Crippen LogP contribution in [0.3, 0.4) is 0 Å². The Hall–Kier alpha value is -6.96. The van der Waals surface area contributed by atoms with Gasteiger partial charge in [-0.3, -0.25) is 0 Å². The first kappa shape index (κ1) is 37.1. The van der Waals surface area contributed by atoms with Gasteiger partial charge in [-0.25, -0.2) is 0 Å². The first-order chi connectivity index (χ1) is 29.7. The van der Waals surface area contributed by atoms with Crippen molar-refractivity contribution in [2.75, 3.05) is 4.90 Å². The molecule has 61 heavy (non-hydrogen) atoms. The lowest BCUT2D eigenvalue weighted by atomic mass is 9.72. The van der Waals surface area contributed by atoms with Crippen molar-refractivity contribution in [1.82, 2.24) is 0 Å². The third-order valence-electron chi connectivity index (χ3n) is 14.1. The van der Waals surface area contributed by atoms with Crippen LogP contribution in [0.15, 0.2) is 206 Å². The summed E-state index contributed by atoms with van der Waals surface area (Å²) in [5.41, 5.74) is 23.4. The van der Waals surface area contributed by atoms with Gasteiger partial charge < -0.3 is 4.90 Å². The molecule has 1 nitrogen and oxygen atoms in total. The molecule has 0 amide bonds. The van der Waals surface area contributed by atoms with E-state index in [9.17, 15) is 0 Å². The van der Waals surface area contributed by atoms with Crippen LogP contribution in [0.2, 0.25) is 0 Å². The van der Waals surface area contributed by atoms with E-state index in [1.165, 1.54) is 83.5 Å². The molecule has 0 heterocycles. The molecule has 3 aliphatic carbocycles. The standard InChI is InChI=1S/C60H49N/c1-59(2)55-16-10-8-14-51(55)53-36-28-46(38-57(53)59)44-24-32-49(33-25-44)61(48-30-22-43(23-31-48)42-20-18-41(19-21-42)40-12-6-5-7-13-40)50-34-26-45(27-35-50)47-29-37-54-52-15-9-11-17-56(52)60(3,4)58(54)39-47/h5-38,58H,39H2,1-4H3. The third-order valence-corrected chi connectivity index (χ3v) is 14.1. The maximum absolute atomic E-state index is 2.42. The molecule has 0 spiro atoms. The van der Waals surface area contributed by atoms with Crippen LogP contribution < -0.4 is 4.90 Å². The second-order valence-corrected chi connectivity index (χ2v) is 18.2. The Morgan fingerprint density at radius 2 is 0.820 bits per heavy atom. The van der Waals surface area contributed by atoms with Gasteiger partial charge in [0.1, 0.15) is 0 Å². The molecular weight excluding hydrogens is 735 g/mol. The van der Waals surface area contributed by atoms with Gasteiger partial charge in [0.2, 0.25) is 0 Å². The van der Waals surface area contributed by atoms with Crippen molar-refractivity contribution in [3.05, 3.63) is 234 Å². The number of hydrogen-bond donors (Lipinski definition) is 0. The van der Waals surface area contributed by atoms with Gasteiger partial charge >= 0.3 is 0 Å². The van der Waals surface area contributed by atoms with Crippen LogP contribution in [0.5, 0.6) is 0 Å². The van der Waals surface area contributed by atoms with Crippen molar-refractivity contribution < 1.29 is 0 Å². The lowest BCUT2D eigenvalue weighted by molar-refractivity contribution is 0.418.